The molecule has 0 amide bonds. The van der Waals surface area contributed by atoms with E-state index in [0.717, 1.165) is 61.2 Å². The van der Waals surface area contributed by atoms with Gasteiger partial charge in [0.2, 0.25) is 5.95 Å². The van der Waals surface area contributed by atoms with Gasteiger partial charge in [0.15, 0.2) is 17.0 Å². The van der Waals surface area contributed by atoms with Gasteiger partial charge in [-0.25, -0.2) is 4.98 Å². The molecule has 1 aromatic carbocycles. The van der Waals surface area contributed by atoms with Crippen LogP contribution in [-0.4, -0.2) is 37.6 Å². The molecule has 0 radical (unpaired) electrons. The van der Waals surface area contributed by atoms with Crippen molar-refractivity contribution in [3.8, 4) is 0 Å². The van der Waals surface area contributed by atoms with E-state index in [1.54, 1.807) is 0 Å². The van der Waals surface area contributed by atoms with Crippen molar-refractivity contribution < 1.29 is 0 Å². The molecule has 190 valence electrons. The summed E-state index contributed by atoms with van der Waals surface area (Å²) in [6, 6.07) is 12.1. The standard InChI is InChI=1S/C27H39N7.ClH/c1-3-9-19(2)34(23-12-5-4-6-13-23)26-24-25(33(18-29-24)22-10-7-8-11-22)31-27(32-26)30-21-16-14-20(28)15-17-21;/h4-6,12-13,18-22H,3,7-11,14-17,28H2,1-2H3,(H,30,31,32);1H. The van der Waals surface area contributed by atoms with E-state index in [1.165, 1.54) is 25.7 Å². The molecule has 2 fully saturated rings. The van der Waals surface area contributed by atoms with Gasteiger partial charge in [-0.05, 0) is 64.0 Å². The van der Waals surface area contributed by atoms with Crippen LogP contribution >= 0.6 is 12.4 Å². The summed E-state index contributed by atoms with van der Waals surface area (Å²) >= 11 is 0. The topological polar surface area (TPSA) is 84.9 Å². The lowest BCUT2D eigenvalue weighted by Gasteiger charge is -2.31. The molecule has 2 aliphatic rings. The van der Waals surface area contributed by atoms with E-state index in [9.17, 15) is 0 Å². The minimum atomic E-state index is 0. The Hall–Kier alpha value is -2.38. The van der Waals surface area contributed by atoms with Crippen molar-refractivity contribution >= 4 is 41.0 Å². The number of imidazole rings is 1. The van der Waals surface area contributed by atoms with Crippen molar-refractivity contribution in [1.29, 1.82) is 0 Å². The number of hydrogen-bond acceptors (Lipinski definition) is 6. The van der Waals surface area contributed by atoms with Crippen LogP contribution in [0.4, 0.5) is 17.5 Å². The van der Waals surface area contributed by atoms with Gasteiger partial charge in [-0.1, -0.05) is 44.4 Å². The SMILES string of the molecule is CCCC(C)N(c1ccccc1)c1nc(NC2CCC(N)CC2)nc2c1ncn2C1CCCC1.Cl. The molecule has 0 bridgehead atoms. The second kappa shape index (κ2) is 11.6. The van der Waals surface area contributed by atoms with Crippen molar-refractivity contribution in [1.82, 2.24) is 19.5 Å². The maximum absolute atomic E-state index is 6.15. The van der Waals surface area contributed by atoms with E-state index in [-0.39, 0.29) is 12.4 Å². The highest BCUT2D eigenvalue weighted by molar-refractivity contribution is 5.88. The largest absolute Gasteiger partial charge is 0.351 e. The maximum atomic E-state index is 6.15. The summed E-state index contributed by atoms with van der Waals surface area (Å²) in [7, 11) is 0. The predicted molar refractivity (Wildman–Crippen MR) is 147 cm³/mol. The first-order valence-corrected chi connectivity index (χ1v) is 13.2. The Labute approximate surface area is 215 Å². The molecule has 2 heterocycles. The number of hydrogen-bond donors (Lipinski definition) is 2. The van der Waals surface area contributed by atoms with Gasteiger partial charge in [-0.3, -0.25) is 0 Å². The molecule has 35 heavy (non-hydrogen) atoms. The van der Waals surface area contributed by atoms with Crippen LogP contribution < -0.4 is 16.0 Å². The molecule has 2 saturated carbocycles. The highest BCUT2D eigenvalue weighted by Gasteiger charge is 2.27. The minimum Gasteiger partial charge on any atom is -0.351 e. The quantitative estimate of drug-likeness (QED) is 0.376. The molecule has 8 heteroatoms. The fourth-order valence-electron chi connectivity index (χ4n) is 5.75. The van der Waals surface area contributed by atoms with Crippen LogP contribution in [0, 0.1) is 0 Å². The molecule has 0 aliphatic heterocycles. The molecule has 0 saturated heterocycles. The number of rotatable bonds is 8. The Morgan fingerprint density at radius 1 is 1.06 bits per heavy atom. The third kappa shape index (κ3) is 5.56. The minimum absolute atomic E-state index is 0. The Kier molecular flexibility index (Phi) is 8.50. The van der Waals surface area contributed by atoms with Gasteiger partial charge in [0.25, 0.3) is 0 Å². The first kappa shape index (κ1) is 25.7. The van der Waals surface area contributed by atoms with E-state index < -0.39 is 0 Å². The number of para-hydroxylation sites is 1. The van der Waals surface area contributed by atoms with Crippen molar-refractivity contribution in [2.45, 2.75) is 102 Å². The Morgan fingerprint density at radius 3 is 2.46 bits per heavy atom. The highest BCUT2D eigenvalue weighted by atomic mass is 35.5. The summed E-state index contributed by atoms with van der Waals surface area (Å²) in [5, 5.41) is 3.67. The molecule has 1 atom stereocenters. The summed E-state index contributed by atoms with van der Waals surface area (Å²) in [4.78, 5) is 17.5. The molecule has 2 aromatic heterocycles. The van der Waals surface area contributed by atoms with Crippen LogP contribution in [0.15, 0.2) is 36.7 Å². The fraction of sp³-hybridized carbons (Fsp3) is 0.593. The van der Waals surface area contributed by atoms with Gasteiger partial charge in [0.1, 0.15) is 0 Å². The van der Waals surface area contributed by atoms with Gasteiger partial charge in [-0.2, -0.15) is 9.97 Å². The fourth-order valence-corrected chi connectivity index (χ4v) is 5.75. The van der Waals surface area contributed by atoms with Crippen LogP contribution in [0.25, 0.3) is 11.2 Å². The third-order valence-electron chi connectivity index (χ3n) is 7.64. The van der Waals surface area contributed by atoms with Crippen LogP contribution in [0.5, 0.6) is 0 Å². The lowest BCUT2D eigenvalue weighted by atomic mass is 9.92. The second-order valence-electron chi connectivity index (χ2n) is 10.2. The number of anilines is 3. The Morgan fingerprint density at radius 2 is 1.77 bits per heavy atom. The summed E-state index contributed by atoms with van der Waals surface area (Å²) in [6.07, 6.45) is 13.4. The maximum Gasteiger partial charge on any atom is 0.227 e. The number of fused-ring (bicyclic) bond motifs is 1. The van der Waals surface area contributed by atoms with Crippen molar-refractivity contribution in [3.63, 3.8) is 0 Å². The zero-order valence-electron chi connectivity index (χ0n) is 21.1. The molecule has 0 spiro atoms. The van der Waals surface area contributed by atoms with Crippen molar-refractivity contribution in [2.75, 3.05) is 10.2 Å². The van der Waals surface area contributed by atoms with Gasteiger partial charge in [0, 0.05) is 29.9 Å². The number of halogens is 1. The molecule has 3 N–H and O–H groups in total. The molecular formula is C27H40ClN7. The Balaban J connectivity index is 0.00000289. The van der Waals surface area contributed by atoms with Crippen molar-refractivity contribution in [3.05, 3.63) is 36.7 Å². The molecule has 2 aliphatic carbocycles. The summed E-state index contributed by atoms with van der Waals surface area (Å²) in [5.41, 5.74) is 9.15. The summed E-state index contributed by atoms with van der Waals surface area (Å²) in [6.45, 7) is 4.53. The van der Waals surface area contributed by atoms with E-state index in [0.29, 0.717) is 30.1 Å². The lowest BCUT2D eigenvalue weighted by Crippen LogP contribution is -2.34. The van der Waals surface area contributed by atoms with Crippen LogP contribution in [0.1, 0.15) is 84.1 Å². The number of nitrogens with one attached hydrogen (secondary N) is 1. The van der Waals surface area contributed by atoms with Gasteiger partial charge >= 0.3 is 0 Å². The Bertz CT molecular complexity index is 1070. The monoisotopic (exact) mass is 497 g/mol. The number of nitrogens with two attached hydrogens (primary N) is 1. The van der Waals surface area contributed by atoms with E-state index >= 15 is 0 Å². The first-order chi connectivity index (χ1) is 16.6. The average molecular weight is 498 g/mol. The number of aromatic nitrogens is 4. The highest BCUT2D eigenvalue weighted by Crippen LogP contribution is 2.37. The second-order valence-corrected chi connectivity index (χ2v) is 10.2. The molecular weight excluding hydrogens is 458 g/mol. The van der Waals surface area contributed by atoms with Crippen LogP contribution in [-0.2, 0) is 0 Å². The molecule has 1 unspecified atom stereocenters. The van der Waals surface area contributed by atoms with Gasteiger partial charge in [-0.15, -0.1) is 12.4 Å². The normalized spacial score (nSPS) is 21.6. The summed E-state index contributed by atoms with van der Waals surface area (Å²) in [5.74, 6) is 1.62. The first-order valence-electron chi connectivity index (χ1n) is 13.2. The average Bonchev–Trinajstić information content (AvgIpc) is 3.52. The van der Waals surface area contributed by atoms with E-state index in [1.807, 2.05) is 6.33 Å². The smallest absolute Gasteiger partial charge is 0.227 e. The van der Waals surface area contributed by atoms with Gasteiger partial charge in [0.05, 0.1) is 6.33 Å². The molecule has 7 nitrogen and oxygen atoms in total. The third-order valence-corrected chi connectivity index (χ3v) is 7.64. The van der Waals surface area contributed by atoms with E-state index in [2.05, 4.69) is 59.0 Å². The predicted octanol–water partition coefficient (Wildman–Crippen LogP) is 6.37. The number of nitrogens with zero attached hydrogens (tertiary/aromatic N) is 5. The van der Waals surface area contributed by atoms with Crippen LogP contribution in [0.3, 0.4) is 0 Å². The van der Waals surface area contributed by atoms with Gasteiger partial charge < -0.3 is 20.5 Å². The molecule has 5 rings (SSSR count). The van der Waals surface area contributed by atoms with Crippen LogP contribution in [0.2, 0.25) is 0 Å². The zero-order chi connectivity index (χ0) is 23.5. The van der Waals surface area contributed by atoms with E-state index in [4.69, 9.17) is 20.7 Å². The van der Waals surface area contributed by atoms with Crippen molar-refractivity contribution in [2.24, 2.45) is 5.73 Å². The zero-order valence-corrected chi connectivity index (χ0v) is 21.9. The number of benzene rings is 1. The summed E-state index contributed by atoms with van der Waals surface area (Å²) < 4.78 is 2.31. The lowest BCUT2D eigenvalue weighted by molar-refractivity contribution is 0.410. The molecule has 3 aromatic rings.